The quantitative estimate of drug-likeness (QED) is 0.263. The van der Waals surface area contributed by atoms with Crippen LogP contribution in [0, 0.1) is 0 Å². The molecule has 0 atom stereocenters. The number of benzene rings is 2. The molecular weight excluding hydrogens is 494 g/mol. The van der Waals surface area contributed by atoms with E-state index in [9.17, 15) is 4.79 Å². The van der Waals surface area contributed by atoms with Crippen molar-refractivity contribution in [3.05, 3.63) is 77.0 Å². The Morgan fingerprint density at radius 1 is 1.16 bits per heavy atom. The summed E-state index contributed by atoms with van der Waals surface area (Å²) >= 11 is 6.67. The molecule has 5 nitrogen and oxygen atoms in total. The van der Waals surface area contributed by atoms with E-state index < -0.39 is 0 Å². The van der Waals surface area contributed by atoms with Crippen molar-refractivity contribution < 1.29 is 9.53 Å². The molecule has 0 saturated carbocycles. The summed E-state index contributed by atoms with van der Waals surface area (Å²) in [6.07, 6.45) is 2.15. The molecule has 0 spiro atoms. The molecule has 0 aliphatic rings. The normalized spacial score (nSPS) is 10.9. The Morgan fingerprint density at radius 3 is 2.74 bits per heavy atom. The minimum absolute atomic E-state index is 0.0322. The molecule has 31 heavy (non-hydrogen) atoms. The third kappa shape index (κ3) is 5.64. The van der Waals surface area contributed by atoms with Crippen molar-refractivity contribution in [2.75, 3.05) is 17.8 Å². The van der Waals surface area contributed by atoms with Crippen LogP contribution >= 0.6 is 39.0 Å². The summed E-state index contributed by atoms with van der Waals surface area (Å²) in [7, 11) is 1.65. The summed E-state index contributed by atoms with van der Waals surface area (Å²) in [4.78, 5) is 25.2. The minimum Gasteiger partial charge on any atom is -0.497 e. The average Bonchev–Trinajstić information content (AvgIpc) is 3.21. The van der Waals surface area contributed by atoms with Crippen molar-refractivity contribution in [2.45, 2.75) is 17.9 Å². The molecule has 2 heterocycles. The number of thioether (sulfide) groups is 1. The van der Waals surface area contributed by atoms with Crippen molar-refractivity contribution in [2.24, 2.45) is 0 Å². The number of methoxy groups -OCH3 is 1. The SMILES string of the molecule is COc1ccc(SCCC(=O)N(Cc2ccccn2)c2nc3ccc(Br)cc3s2)cc1. The Bertz CT molecular complexity index is 1170. The number of aromatic nitrogens is 2. The zero-order valence-electron chi connectivity index (χ0n) is 16.8. The van der Waals surface area contributed by atoms with Gasteiger partial charge in [0.05, 0.1) is 29.6 Å². The van der Waals surface area contributed by atoms with Crippen LogP contribution in [0.5, 0.6) is 5.75 Å². The number of halogens is 1. The Labute approximate surface area is 197 Å². The monoisotopic (exact) mass is 513 g/mol. The second kappa shape index (κ2) is 10.3. The van der Waals surface area contributed by atoms with E-state index in [0.29, 0.717) is 23.8 Å². The Kier molecular flexibility index (Phi) is 7.21. The van der Waals surface area contributed by atoms with E-state index in [4.69, 9.17) is 9.72 Å². The number of amides is 1. The lowest BCUT2D eigenvalue weighted by Gasteiger charge is -2.19. The zero-order chi connectivity index (χ0) is 21.6. The van der Waals surface area contributed by atoms with E-state index in [-0.39, 0.29) is 5.91 Å². The highest BCUT2D eigenvalue weighted by Gasteiger charge is 2.20. The highest BCUT2D eigenvalue weighted by Crippen LogP contribution is 2.32. The highest BCUT2D eigenvalue weighted by molar-refractivity contribution is 9.10. The molecule has 0 unspecified atom stereocenters. The molecule has 0 N–H and O–H groups in total. The third-order valence-corrected chi connectivity index (χ3v) is 7.11. The molecule has 0 radical (unpaired) electrons. The van der Waals surface area contributed by atoms with Gasteiger partial charge >= 0.3 is 0 Å². The van der Waals surface area contributed by atoms with E-state index in [1.807, 2.05) is 60.7 Å². The van der Waals surface area contributed by atoms with Crippen molar-refractivity contribution in [1.29, 1.82) is 0 Å². The maximum absolute atomic E-state index is 13.2. The summed E-state index contributed by atoms with van der Waals surface area (Å²) in [6, 6.07) is 19.5. The van der Waals surface area contributed by atoms with Gasteiger partial charge in [-0.25, -0.2) is 4.98 Å². The van der Waals surface area contributed by atoms with E-state index in [2.05, 4.69) is 20.9 Å². The fraction of sp³-hybridized carbons (Fsp3) is 0.174. The van der Waals surface area contributed by atoms with Crippen LogP contribution in [0.2, 0.25) is 0 Å². The lowest BCUT2D eigenvalue weighted by molar-refractivity contribution is -0.118. The predicted octanol–water partition coefficient (Wildman–Crippen LogP) is 6.18. The van der Waals surface area contributed by atoms with E-state index >= 15 is 0 Å². The maximum Gasteiger partial charge on any atom is 0.229 e. The topological polar surface area (TPSA) is 55.3 Å². The van der Waals surface area contributed by atoms with Gasteiger partial charge in [-0.2, -0.15) is 0 Å². The number of nitrogens with zero attached hydrogens (tertiary/aromatic N) is 3. The third-order valence-electron chi connectivity index (χ3n) is 4.56. The van der Waals surface area contributed by atoms with Crippen LogP contribution in [0.3, 0.4) is 0 Å². The van der Waals surface area contributed by atoms with Crippen LogP contribution in [-0.2, 0) is 11.3 Å². The number of carbonyl (C=O) groups is 1. The van der Waals surface area contributed by atoms with Crippen LogP contribution in [0.4, 0.5) is 5.13 Å². The van der Waals surface area contributed by atoms with Crippen molar-refractivity contribution >= 4 is 60.3 Å². The number of pyridine rings is 1. The molecule has 0 aliphatic heterocycles. The first kappa shape index (κ1) is 21.8. The number of hydrogen-bond donors (Lipinski definition) is 0. The largest absolute Gasteiger partial charge is 0.497 e. The first-order valence-electron chi connectivity index (χ1n) is 9.65. The van der Waals surface area contributed by atoms with Crippen molar-refractivity contribution in [3.8, 4) is 5.75 Å². The van der Waals surface area contributed by atoms with Crippen LogP contribution in [0.1, 0.15) is 12.1 Å². The zero-order valence-corrected chi connectivity index (χ0v) is 20.0. The van der Waals surface area contributed by atoms with Gasteiger partial charge in [0, 0.05) is 27.7 Å². The molecule has 4 rings (SSSR count). The second-order valence-electron chi connectivity index (χ2n) is 6.68. The second-order valence-corrected chi connectivity index (χ2v) is 9.78. The number of carbonyl (C=O) groups excluding carboxylic acids is 1. The van der Waals surface area contributed by atoms with Crippen molar-refractivity contribution in [1.82, 2.24) is 9.97 Å². The standard InChI is InChI=1S/C23H20BrN3O2S2/c1-29-18-6-8-19(9-7-18)30-13-11-22(28)27(15-17-4-2-3-12-25-17)23-26-20-10-5-16(24)14-21(20)31-23/h2-10,12,14H,11,13,15H2,1H3. The number of thiazole rings is 1. The molecular formula is C23H20BrN3O2S2. The average molecular weight is 514 g/mol. The highest BCUT2D eigenvalue weighted by atomic mass is 79.9. The van der Waals surface area contributed by atoms with E-state index in [1.165, 1.54) is 11.3 Å². The molecule has 0 fully saturated rings. The predicted molar refractivity (Wildman–Crippen MR) is 131 cm³/mol. The van der Waals surface area contributed by atoms with Gasteiger partial charge in [-0.05, 0) is 54.6 Å². The van der Waals surface area contributed by atoms with E-state index in [0.717, 1.165) is 31.0 Å². The smallest absolute Gasteiger partial charge is 0.229 e. The first-order valence-corrected chi connectivity index (χ1v) is 12.2. The van der Waals surface area contributed by atoms with Crippen LogP contribution in [-0.4, -0.2) is 28.7 Å². The Hall–Kier alpha value is -2.42. The van der Waals surface area contributed by atoms with Crippen LogP contribution in [0.25, 0.3) is 10.2 Å². The summed E-state index contributed by atoms with van der Waals surface area (Å²) in [5, 5.41) is 0.693. The van der Waals surface area contributed by atoms with Crippen LogP contribution in [0.15, 0.2) is 76.2 Å². The molecule has 4 aromatic rings. The van der Waals surface area contributed by atoms with Crippen molar-refractivity contribution in [3.63, 3.8) is 0 Å². The van der Waals surface area contributed by atoms with Gasteiger partial charge in [-0.3, -0.25) is 14.7 Å². The summed E-state index contributed by atoms with van der Waals surface area (Å²) in [5.74, 6) is 1.54. The fourth-order valence-electron chi connectivity index (χ4n) is 2.98. The molecule has 0 aliphatic carbocycles. The number of ether oxygens (including phenoxy) is 1. The lowest BCUT2D eigenvalue weighted by Crippen LogP contribution is -2.30. The van der Waals surface area contributed by atoms with Gasteiger partial charge in [-0.1, -0.05) is 33.3 Å². The summed E-state index contributed by atoms with van der Waals surface area (Å²) in [5.41, 5.74) is 1.72. The summed E-state index contributed by atoms with van der Waals surface area (Å²) < 4.78 is 7.23. The van der Waals surface area contributed by atoms with Gasteiger partial charge in [0.25, 0.3) is 0 Å². The number of anilines is 1. The molecule has 2 aromatic heterocycles. The number of hydrogen-bond acceptors (Lipinski definition) is 6. The molecule has 8 heteroatoms. The maximum atomic E-state index is 13.2. The number of fused-ring (bicyclic) bond motifs is 1. The van der Waals surface area contributed by atoms with E-state index in [1.54, 1.807) is 30.0 Å². The molecule has 158 valence electrons. The molecule has 1 amide bonds. The lowest BCUT2D eigenvalue weighted by atomic mass is 10.3. The number of rotatable bonds is 8. The van der Waals surface area contributed by atoms with Crippen LogP contribution < -0.4 is 9.64 Å². The van der Waals surface area contributed by atoms with Gasteiger partial charge in [0.1, 0.15) is 5.75 Å². The first-order chi connectivity index (χ1) is 15.1. The molecule has 0 bridgehead atoms. The Morgan fingerprint density at radius 2 is 2.00 bits per heavy atom. The molecule has 0 saturated heterocycles. The fourth-order valence-corrected chi connectivity index (χ4v) is 5.36. The minimum atomic E-state index is 0.0322. The molecule has 2 aromatic carbocycles. The van der Waals surface area contributed by atoms with Gasteiger partial charge in [0.15, 0.2) is 5.13 Å². The van der Waals surface area contributed by atoms with Gasteiger partial charge in [-0.15, -0.1) is 11.8 Å². The summed E-state index contributed by atoms with van der Waals surface area (Å²) in [6.45, 7) is 0.397. The van der Waals surface area contributed by atoms with Gasteiger partial charge < -0.3 is 4.74 Å². The van der Waals surface area contributed by atoms with Gasteiger partial charge in [0.2, 0.25) is 5.91 Å². The Balaban J connectivity index is 1.50.